The largest absolute Gasteiger partial charge is 0.490 e. The Bertz CT molecular complexity index is 563. The predicted molar refractivity (Wildman–Crippen MR) is 72.5 cm³/mol. The van der Waals surface area contributed by atoms with Crippen molar-refractivity contribution < 1.29 is 4.74 Å². The van der Waals surface area contributed by atoms with Crippen molar-refractivity contribution in [2.24, 2.45) is 0 Å². The maximum Gasteiger partial charge on any atom is 0.129 e. The van der Waals surface area contributed by atoms with Gasteiger partial charge in [0.25, 0.3) is 0 Å². The summed E-state index contributed by atoms with van der Waals surface area (Å²) in [6.45, 7) is 4.94. The average molecular weight is 242 g/mol. The SMILES string of the molecule is CC(C)Oc1cccc2c1ccn2CCCC#N. The lowest BCUT2D eigenvalue weighted by Crippen LogP contribution is -2.05. The van der Waals surface area contributed by atoms with E-state index in [2.05, 4.69) is 29.0 Å². The van der Waals surface area contributed by atoms with Crippen molar-refractivity contribution in [1.29, 1.82) is 5.26 Å². The average Bonchev–Trinajstić information content (AvgIpc) is 2.74. The van der Waals surface area contributed by atoms with E-state index in [9.17, 15) is 0 Å². The van der Waals surface area contributed by atoms with Crippen LogP contribution in [0, 0.1) is 11.3 Å². The van der Waals surface area contributed by atoms with E-state index in [1.807, 2.05) is 26.0 Å². The van der Waals surface area contributed by atoms with E-state index in [1.165, 1.54) is 5.52 Å². The number of fused-ring (bicyclic) bond motifs is 1. The molecule has 1 aromatic heterocycles. The molecule has 0 aliphatic heterocycles. The van der Waals surface area contributed by atoms with E-state index in [-0.39, 0.29) is 6.10 Å². The fraction of sp³-hybridized carbons (Fsp3) is 0.400. The van der Waals surface area contributed by atoms with Crippen LogP contribution in [0.4, 0.5) is 0 Å². The van der Waals surface area contributed by atoms with E-state index >= 15 is 0 Å². The summed E-state index contributed by atoms with van der Waals surface area (Å²) in [5, 5.41) is 9.71. The van der Waals surface area contributed by atoms with Crippen molar-refractivity contribution in [1.82, 2.24) is 4.57 Å². The Kier molecular flexibility index (Phi) is 3.88. The maximum absolute atomic E-state index is 8.57. The summed E-state index contributed by atoms with van der Waals surface area (Å²) in [7, 11) is 0. The first kappa shape index (κ1) is 12.5. The highest BCUT2D eigenvalue weighted by Gasteiger charge is 2.07. The van der Waals surface area contributed by atoms with Crippen LogP contribution in [-0.4, -0.2) is 10.7 Å². The molecule has 3 nitrogen and oxygen atoms in total. The topological polar surface area (TPSA) is 38.0 Å². The highest BCUT2D eigenvalue weighted by molar-refractivity contribution is 5.86. The van der Waals surface area contributed by atoms with E-state index < -0.39 is 0 Å². The van der Waals surface area contributed by atoms with Gasteiger partial charge in [0.05, 0.1) is 17.7 Å². The van der Waals surface area contributed by atoms with Gasteiger partial charge in [0.15, 0.2) is 0 Å². The Morgan fingerprint density at radius 3 is 2.89 bits per heavy atom. The van der Waals surface area contributed by atoms with Crippen molar-refractivity contribution in [3.63, 3.8) is 0 Å². The number of rotatable bonds is 5. The Labute approximate surface area is 108 Å². The second kappa shape index (κ2) is 5.59. The molecule has 3 heteroatoms. The molecule has 0 radical (unpaired) electrons. The van der Waals surface area contributed by atoms with Crippen LogP contribution >= 0.6 is 0 Å². The van der Waals surface area contributed by atoms with Crippen molar-refractivity contribution in [2.45, 2.75) is 39.3 Å². The molecule has 18 heavy (non-hydrogen) atoms. The van der Waals surface area contributed by atoms with Gasteiger partial charge < -0.3 is 9.30 Å². The number of aromatic nitrogens is 1. The molecule has 0 fully saturated rings. The van der Waals surface area contributed by atoms with Crippen molar-refractivity contribution >= 4 is 10.9 Å². The molecule has 2 rings (SSSR count). The summed E-state index contributed by atoms with van der Waals surface area (Å²) in [6, 6.07) is 10.4. The number of hydrogen-bond donors (Lipinski definition) is 0. The minimum atomic E-state index is 0.178. The highest BCUT2D eigenvalue weighted by Crippen LogP contribution is 2.27. The van der Waals surface area contributed by atoms with E-state index in [1.54, 1.807) is 0 Å². The second-order valence-corrected chi connectivity index (χ2v) is 4.63. The van der Waals surface area contributed by atoms with Gasteiger partial charge in [0, 0.05) is 24.5 Å². The summed E-state index contributed by atoms with van der Waals surface area (Å²) in [5.41, 5.74) is 1.17. The standard InChI is InChI=1S/C15H18N2O/c1-12(2)18-15-7-5-6-14-13(15)8-11-17(14)10-4-3-9-16/h5-8,11-12H,3-4,10H2,1-2H3. The molecule has 0 amide bonds. The molecule has 0 unspecified atom stereocenters. The first-order chi connectivity index (χ1) is 8.72. The lowest BCUT2D eigenvalue weighted by atomic mass is 10.2. The van der Waals surface area contributed by atoms with Crippen molar-refractivity contribution in [2.75, 3.05) is 0 Å². The number of aryl methyl sites for hydroxylation is 1. The van der Waals surface area contributed by atoms with Crippen LogP contribution in [0.1, 0.15) is 26.7 Å². The van der Waals surface area contributed by atoms with Gasteiger partial charge >= 0.3 is 0 Å². The smallest absolute Gasteiger partial charge is 0.129 e. The Morgan fingerprint density at radius 2 is 2.17 bits per heavy atom. The minimum absolute atomic E-state index is 0.178. The van der Waals surface area contributed by atoms with Crippen molar-refractivity contribution in [3.8, 4) is 11.8 Å². The molecule has 94 valence electrons. The molecule has 1 aromatic carbocycles. The molecule has 0 aliphatic rings. The summed E-state index contributed by atoms with van der Waals surface area (Å²) in [5.74, 6) is 0.932. The Balaban J connectivity index is 2.27. The predicted octanol–water partition coefficient (Wildman–Crippen LogP) is 3.73. The minimum Gasteiger partial charge on any atom is -0.490 e. The molecule has 0 saturated heterocycles. The Hall–Kier alpha value is -1.95. The third-order valence-electron chi connectivity index (χ3n) is 2.82. The zero-order chi connectivity index (χ0) is 13.0. The molecule has 0 saturated carbocycles. The fourth-order valence-electron chi connectivity index (χ4n) is 2.08. The number of benzene rings is 1. The molecule has 0 aliphatic carbocycles. The monoisotopic (exact) mass is 242 g/mol. The molecule has 1 heterocycles. The van der Waals surface area contributed by atoms with Gasteiger partial charge in [0.2, 0.25) is 0 Å². The zero-order valence-electron chi connectivity index (χ0n) is 10.9. The van der Waals surface area contributed by atoms with E-state index in [0.29, 0.717) is 6.42 Å². The summed E-state index contributed by atoms with van der Waals surface area (Å²) in [4.78, 5) is 0. The quantitative estimate of drug-likeness (QED) is 0.749. The normalized spacial score (nSPS) is 10.8. The van der Waals surface area contributed by atoms with Gasteiger partial charge in [0.1, 0.15) is 5.75 Å². The van der Waals surface area contributed by atoms with Crippen LogP contribution in [-0.2, 0) is 6.54 Å². The zero-order valence-corrected chi connectivity index (χ0v) is 10.9. The van der Waals surface area contributed by atoms with Gasteiger partial charge in [-0.1, -0.05) is 6.07 Å². The van der Waals surface area contributed by atoms with Crippen LogP contribution < -0.4 is 4.74 Å². The molecule has 0 spiro atoms. The second-order valence-electron chi connectivity index (χ2n) is 4.63. The van der Waals surface area contributed by atoms with Crippen LogP contribution in [0.2, 0.25) is 0 Å². The molecular weight excluding hydrogens is 224 g/mol. The number of nitrogens with zero attached hydrogens (tertiary/aromatic N) is 2. The maximum atomic E-state index is 8.57. The molecule has 0 bridgehead atoms. The number of nitriles is 1. The molecular formula is C15H18N2O. The number of unbranched alkanes of at least 4 members (excludes halogenated alkanes) is 1. The highest BCUT2D eigenvalue weighted by atomic mass is 16.5. The third-order valence-corrected chi connectivity index (χ3v) is 2.82. The molecule has 0 N–H and O–H groups in total. The van der Waals surface area contributed by atoms with Gasteiger partial charge in [-0.2, -0.15) is 5.26 Å². The van der Waals surface area contributed by atoms with Gasteiger partial charge in [-0.3, -0.25) is 0 Å². The molecule has 0 atom stereocenters. The Morgan fingerprint density at radius 1 is 1.33 bits per heavy atom. The van der Waals surface area contributed by atoms with Crippen molar-refractivity contribution in [3.05, 3.63) is 30.5 Å². The van der Waals surface area contributed by atoms with Crippen LogP contribution in [0.25, 0.3) is 10.9 Å². The first-order valence-corrected chi connectivity index (χ1v) is 6.34. The lowest BCUT2D eigenvalue weighted by Gasteiger charge is -2.11. The number of hydrogen-bond acceptors (Lipinski definition) is 2. The van der Waals surface area contributed by atoms with Crippen LogP contribution in [0.15, 0.2) is 30.5 Å². The third kappa shape index (κ3) is 2.65. The van der Waals surface area contributed by atoms with Gasteiger partial charge in [-0.15, -0.1) is 0 Å². The van der Waals surface area contributed by atoms with Gasteiger partial charge in [-0.25, -0.2) is 0 Å². The molecule has 2 aromatic rings. The van der Waals surface area contributed by atoms with E-state index in [0.717, 1.165) is 24.1 Å². The van der Waals surface area contributed by atoms with E-state index in [4.69, 9.17) is 10.00 Å². The number of ether oxygens (including phenoxy) is 1. The summed E-state index contributed by atoms with van der Waals surface area (Å²) in [6.07, 6.45) is 3.73. The van der Waals surface area contributed by atoms with Gasteiger partial charge in [-0.05, 0) is 38.5 Å². The fourth-order valence-corrected chi connectivity index (χ4v) is 2.08. The summed E-state index contributed by atoms with van der Waals surface area (Å²) >= 11 is 0. The lowest BCUT2D eigenvalue weighted by molar-refractivity contribution is 0.245. The first-order valence-electron chi connectivity index (χ1n) is 6.34. The van der Waals surface area contributed by atoms with Crippen LogP contribution in [0.3, 0.4) is 0 Å². The van der Waals surface area contributed by atoms with Crippen LogP contribution in [0.5, 0.6) is 5.75 Å². The summed E-state index contributed by atoms with van der Waals surface area (Å²) < 4.78 is 7.98.